The van der Waals surface area contributed by atoms with Crippen LogP contribution in [0.4, 0.5) is 0 Å². The minimum absolute atomic E-state index is 0.231. The topological polar surface area (TPSA) is 57.5 Å². The zero-order valence-electron chi connectivity index (χ0n) is 15.1. The first-order valence-electron chi connectivity index (χ1n) is 9.04. The molecule has 0 saturated heterocycles. The van der Waals surface area contributed by atoms with E-state index in [4.69, 9.17) is 0 Å². The van der Waals surface area contributed by atoms with Gasteiger partial charge in [0.1, 0.15) is 0 Å². The number of aliphatic hydroxyl groups excluding tert-OH is 1. The van der Waals surface area contributed by atoms with Crippen LogP contribution in [0.25, 0.3) is 5.57 Å². The fourth-order valence-corrected chi connectivity index (χ4v) is 3.49. The molecule has 1 unspecified atom stereocenters. The van der Waals surface area contributed by atoms with Crippen LogP contribution in [-0.2, 0) is 4.79 Å². The van der Waals surface area contributed by atoms with E-state index in [9.17, 15) is 15.0 Å². The number of aliphatic hydroxyl groups is 2. The van der Waals surface area contributed by atoms with Crippen molar-refractivity contribution in [3.63, 3.8) is 0 Å². The van der Waals surface area contributed by atoms with Gasteiger partial charge in [0, 0.05) is 17.1 Å². The molecule has 0 spiro atoms. The molecule has 134 valence electrons. The summed E-state index contributed by atoms with van der Waals surface area (Å²) in [5, 5.41) is 21.4. The van der Waals surface area contributed by atoms with Crippen molar-refractivity contribution in [2.24, 2.45) is 0 Å². The van der Waals surface area contributed by atoms with E-state index < -0.39 is 17.3 Å². The van der Waals surface area contributed by atoms with Crippen LogP contribution in [0.15, 0.2) is 78.1 Å². The molecule has 26 heavy (non-hydrogen) atoms. The van der Waals surface area contributed by atoms with Crippen LogP contribution in [0.3, 0.4) is 0 Å². The second kappa shape index (κ2) is 7.30. The highest BCUT2D eigenvalue weighted by Gasteiger charge is 2.40. The lowest BCUT2D eigenvalue weighted by Crippen LogP contribution is -2.25. The summed E-state index contributed by atoms with van der Waals surface area (Å²) in [5.74, 6) is -1.03. The fraction of sp³-hybridized carbons (Fsp3) is 0.261. The second-order valence-corrected chi connectivity index (χ2v) is 6.71. The lowest BCUT2D eigenvalue weighted by molar-refractivity contribution is -0.114. The quantitative estimate of drug-likeness (QED) is 0.763. The monoisotopic (exact) mass is 348 g/mol. The summed E-state index contributed by atoms with van der Waals surface area (Å²) in [6, 6.07) is 19.1. The van der Waals surface area contributed by atoms with Crippen molar-refractivity contribution in [2.45, 2.75) is 38.2 Å². The number of carbonyl (C=O) groups excluding carboxylic acids is 1. The highest BCUT2D eigenvalue weighted by Crippen LogP contribution is 2.46. The van der Waals surface area contributed by atoms with Crippen LogP contribution < -0.4 is 0 Å². The molecular weight excluding hydrogens is 324 g/mol. The standard InChI is InChI=1S/C23H24O3/c1-3-23(26,4-2)15-18-19(16-11-7-5-8-12-16)20(22(25)21(18)24)17-13-9-6-10-14-17/h5-15,19,25-26H,3-4H2,1-2H3/b18-15-. The third-order valence-electron chi connectivity index (χ3n) is 5.20. The first-order chi connectivity index (χ1) is 12.5. The van der Waals surface area contributed by atoms with Crippen LogP contribution in [0.2, 0.25) is 0 Å². The van der Waals surface area contributed by atoms with Gasteiger partial charge in [0.05, 0.1) is 5.60 Å². The number of ketones is 1. The van der Waals surface area contributed by atoms with E-state index >= 15 is 0 Å². The Morgan fingerprint density at radius 3 is 2.04 bits per heavy atom. The molecule has 2 aromatic rings. The summed E-state index contributed by atoms with van der Waals surface area (Å²) >= 11 is 0. The zero-order chi connectivity index (χ0) is 18.7. The van der Waals surface area contributed by atoms with Crippen molar-refractivity contribution in [1.82, 2.24) is 0 Å². The summed E-state index contributed by atoms with van der Waals surface area (Å²) in [6.45, 7) is 3.78. The summed E-state index contributed by atoms with van der Waals surface area (Å²) in [7, 11) is 0. The van der Waals surface area contributed by atoms with Crippen molar-refractivity contribution >= 4 is 11.4 Å². The Labute approximate surface area is 154 Å². The van der Waals surface area contributed by atoms with E-state index in [1.165, 1.54) is 0 Å². The minimum atomic E-state index is -1.07. The van der Waals surface area contributed by atoms with E-state index in [0.717, 1.165) is 11.1 Å². The maximum atomic E-state index is 12.9. The van der Waals surface area contributed by atoms with Crippen molar-refractivity contribution < 1.29 is 15.0 Å². The molecule has 1 aliphatic rings. The first kappa shape index (κ1) is 18.2. The third-order valence-corrected chi connectivity index (χ3v) is 5.20. The van der Waals surface area contributed by atoms with E-state index in [1.54, 1.807) is 6.08 Å². The fourth-order valence-electron chi connectivity index (χ4n) is 3.49. The SMILES string of the molecule is CCC(O)(/C=C1\C(=O)C(O)=C(c2ccccc2)C1c1ccccc1)CC. The maximum absolute atomic E-state index is 12.9. The largest absolute Gasteiger partial charge is 0.504 e. The summed E-state index contributed by atoms with van der Waals surface area (Å²) < 4.78 is 0. The number of carbonyl (C=O) groups is 1. The van der Waals surface area contributed by atoms with E-state index in [0.29, 0.717) is 24.0 Å². The average Bonchev–Trinajstić information content (AvgIpc) is 2.94. The Balaban J connectivity index is 2.21. The predicted octanol–water partition coefficient (Wildman–Crippen LogP) is 4.80. The highest BCUT2D eigenvalue weighted by atomic mass is 16.3. The number of benzene rings is 2. The Morgan fingerprint density at radius 2 is 1.50 bits per heavy atom. The number of hydrogen-bond donors (Lipinski definition) is 2. The van der Waals surface area contributed by atoms with Gasteiger partial charge in [-0.05, 0) is 30.0 Å². The molecule has 0 bridgehead atoms. The lowest BCUT2D eigenvalue weighted by Gasteiger charge is -2.24. The maximum Gasteiger partial charge on any atom is 0.224 e. The van der Waals surface area contributed by atoms with Crippen LogP contribution in [-0.4, -0.2) is 21.6 Å². The smallest absolute Gasteiger partial charge is 0.224 e. The molecule has 1 atom stereocenters. The molecule has 1 aliphatic carbocycles. The van der Waals surface area contributed by atoms with E-state index in [-0.39, 0.29) is 5.76 Å². The molecular formula is C23H24O3. The number of allylic oxidation sites excluding steroid dienone is 2. The predicted molar refractivity (Wildman–Crippen MR) is 104 cm³/mol. The van der Waals surface area contributed by atoms with Crippen LogP contribution in [0, 0.1) is 0 Å². The zero-order valence-corrected chi connectivity index (χ0v) is 15.1. The lowest BCUT2D eigenvalue weighted by atomic mass is 9.82. The molecule has 0 fully saturated rings. The van der Waals surface area contributed by atoms with Crippen molar-refractivity contribution in [3.05, 3.63) is 89.2 Å². The van der Waals surface area contributed by atoms with Crippen LogP contribution in [0.5, 0.6) is 0 Å². The average molecular weight is 348 g/mol. The first-order valence-corrected chi connectivity index (χ1v) is 9.04. The molecule has 0 aromatic heterocycles. The van der Waals surface area contributed by atoms with Gasteiger partial charge < -0.3 is 10.2 Å². The van der Waals surface area contributed by atoms with Gasteiger partial charge in [0.2, 0.25) is 5.78 Å². The minimum Gasteiger partial charge on any atom is -0.504 e. The van der Waals surface area contributed by atoms with Crippen molar-refractivity contribution in [3.8, 4) is 0 Å². The molecule has 2 N–H and O–H groups in total. The van der Waals surface area contributed by atoms with Gasteiger partial charge in [-0.15, -0.1) is 0 Å². The number of hydrogen-bond acceptors (Lipinski definition) is 3. The Morgan fingerprint density at radius 1 is 0.962 bits per heavy atom. The van der Waals surface area contributed by atoms with Gasteiger partial charge >= 0.3 is 0 Å². The summed E-state index contributed by atoms with van der Waals surface area (Å²) in [4.78, 5) is 12.9. The second-order valence-electron chi connectivity index (χ2n) is 6.71. The van der Waals surface area contributed by atoms with E-state index in [2.05, 4.69) is 0 Å². The third kappa shape index (κ3) is 3.23. The molecule has 3 rings (SSSR count). The molecule has 0 radical (unpaired) electrons. The molecule has 2 aromatic carbocycles. The van der Waals surface area contributed by atoms with E-state index in [1.807, 2.05) is 74.5 Å². The molecule has 3 heteroatoms. The Kier molecular flexibility index (Phi) is 5.10. The van der Waals surface area contributed by atoms with Gasteiger partial charge in [-0.3, -0.25) is 4.79 Å². The molecule has 0 heterocycles. The van der Waals surface area contributed by atoms with Gasteiger partial charge in [-0.1, -0.05) is 74.5 Å². The molecule has 0 saturated carbocycles. The van der Waals surface area contributed by atoms with Crippen molar-refractivity contribution in [2.75, 3.05) is 0 Å². The van der Waals surface area contributed by atoms with Gasteiger partial charge in [-0.2, -0.15) is 0 Å². The number of Topliss-reactive ketones (excluding diaryl/α,β-unsaturated/α-hetero) is 1. The summed E-state index contributed by atoms with van der Waals surface area (Å²) in [5.41, 5.74) is 1.71. The Bertz CT molecular complexity index is 844. The van der Waals surface area contributed by atoms with Gasteiger partial charge in [-0.25, -0.2) is 0 Å². The van der Waals surface area contributed by atoms with Crippen molar-refractivity contribution in [1.29, 1.82) is 0 Å². The molecule has 3 nitrogen and oxygen atoms in total. The Hall–Kier alpha value is -2.65. The van der Waals surface area contributed by atoms with Gasteiger partial charge in [0.15, 0.2) is 5.76 Å². The normalized spacial score (nSPS) is 19.4. The number of rotatable bonds is 5. The van der Waals surface area contributed by atoms with Gasteiger partial charge in [0.25, 0.3) is 0 Å². The van der Waals surface area contributed by atoms with Crippen LogP contribution >= 0.6 is 0 Å². The highest BCUT2D eigenvalue weighted by molar-refractivity contribution is 6.19. The summed E-state index contributed by atoms with van der Waals surface area (Å²) in [6.07, 6.45) is 2.66. The molecule has 0 aliphatic heterocycles. The van der Waals surface area contributed by atoms with Crippen LogP contribution in [0.1, 0.15) is 43.7 Å². The molecule has 0 amide bonds.